The molecule has 2 heterocycles. The van der Waals surface area contributed by atoms with Crippen LogP contribution in [0.15, 0.2) is 48.5 Å². The summed E-state index contributed by atoms with van der Waals surface area (Å²) >= 11 is 1.34. The molecule has 1 atom stereocenters. The van der Waals surface area contributed by atoms with Crippen LogP contribution >= 0.6 is 11.3 Å². The van der Waals surface area contributed by atoms with Gasteiger partial charge in [-0.15, -0.1) is 11.3 Å². The van der Waals surface area contributed by atoms with Gasteiger partial charge in [-0.25, -0.2) is 4.39 Å². The van der Waals surface area contributed by atoms with Crippen LogP contribution in [0.5, 0.6) is 0 Å². The fraction of sp³-hybridized carbons (Fsp3) is 0.318. The van der Waals surface area contributed by atoms with Gasteiger partial charge in [-0.3, -0.25) is 9.69 Å². The number of hydrogen-bond donors (Lipinski definition) is 1. The number of ether oxygens (including phenoxy) is 1. The summed E-state index contributed by atoms with van der Waals surface area (Å²) in [7, 11) is 0. The van der Waals surface area contributed by atoms with E-state index in [1.54, 1.807) is 6.07 Å². The molecule has 0 saturated carbocycles. The minimum atomic E-state index is -0.279. The normalized spacial score (nSPS) is 16.2. The number of hydrogen-bond acceptors (Lipinski definition) is 4. The zero-order valence-corrected chi connectivity index (χ0v) is 16.6. The maximum absolute atomic E-state index is 14.2. The number of aryl methyl sites for hydroxylation is 1. The van der Waals surface area contributed by atoms with E-state index < -0.39 is 0 Å². The lowest BCUT2D eigenvalue weighted by atomic mass is 10.1. The van der Waals surface area contributed by atoms with Crippen molar-refractivity contribution in [2.24, 2.45) is 0 Å². The van der Waals surface area contributed by atoms with E-state index in [4.69, 9.17) is 4.74 Å². The van der Waals surface area contributed by atoms with E-state index in [1.807, 2.05) is 43.3 Å². The van der Waals surface area contributed by atoms with Crippen LogP contribution < -0.4 is 5.32 Å². The van der Waals surface area contributed by atoms with Gasteiger partial charge in [0.05, 0.1) is 24.1 Å². The van der Waals surface area contributed by atoms with Crippen LogP contribution in [0, 0.1) is 12.7 Å². The summed E-state index contributed by atoms with van der Waals surface area (Å²) < 4.78 is 20.5. The minimum Gasteiger partial charge on any atom is -0.379 e. The number of morpholine rings is 1. The molecule has 0 bridgehead atoms. The quantitative estimate of drug-likeness (QED) is 0.702. The molecule has 0 spiro atoms. The molecule has 1 aromatic heterocycles. The van der Waals surface area contributed by atoms with Crippen LogP contribution in [0.1, 0.15) is 26.8 Å². The summed E-state index contributed by atoms with van der Waals surface area (Å²) in [5, 5.41) is 3.73. The van der Waals surface area contributed by atoms with Crippen molar-refractivity contribution in [3.05, 3.63) is 70.4 Å². The number of halogens is 1. The number of nitrogens with one attached hydrogen (secondary N) is 1. The van der Waals surface area contributed by atoms with E-state index in [9.17, 15) is 9.18 Å². The first-order valence-corrected chi connectivity index (χ1v) is 10.3. The molecule has 6 heteroatoms. The van der Waals surface area contributed by atoms with Gasteiger partial charge < -0.3 is 10.1 Å². The molecule has 146 valence electrons. The number of fused-ring (bicyclic) bond motifs is 1. The summed E-state index contributed by atoms with van der Waals surface area (Å²) in [5.41, 5.74) is 1.76. The zero-order chi connectivity index (χ0) is 19.5. The topological polar surface area (TPSA) is 41.6 Å². The Morgan fingerprint density at radius 2 is 1.93 bits per heavy atom. The summed E-state index contributed by atoms with van der Waals surface area (Å²) in [6.45, 7) is 5.67. The number of carbonyl (C=O) groups excluding carboxylic acids is 1. The molecule has 0 unspecified atom stereocenters. The smallest absolute Gasteiger partial charge is 0.262 e. The van der Waals surface area contributed by atoms with Crippen molar-refractivity contribution >= 4 is 27.3 Å². The molecule has 1 fully saturated rings. The van der Waals surface area contributed by atoms with Gasteiger partial charge in [-0.05, 0) is 30.2 Å². The molecule has 1 N–H and O–H groups in total. The first kappa shape index (κ1) is 19.1. The minimum absolute atomic E-state index is 0.138. The van der Waals surface area contributed by atoms with Gasteiger partial charge in [0.1, 0.15) is 5.82 Å². The Hall–Kier alpha value is -2.28. The van der Waals surface area contributed by atoms with Gasteiger partial charge in [0.15, 0.2) is 0 Å². The third-order valence-corrected chi connectivity index (χ3v) is 6.42. The van der Waals surface area contributed by atoms with E-state index in [2.05, 4.69) is 10.2 Å². The third-order valence-electron chi connectivity index (χ3n) is 5.16. The molecule has 0 aliphatic carbocycles. The summed E-state index contributed by atoms with van der Waals surface area (Å²) in [6, 6.07) is 14.8. The summed E-state index contributed by atoms with van der Waals surface area (Å²) in [4.78, 5) is 16.0. The molecule has 1 saturated heterocycles. The Balaban J connectivity index is 1.60. The van der Waals surface area contributed by atoms with Crippen LogP contribution in [0.25, 0.3) is 10.1 Å². The largest absolute Gasteiger partial charge is 0.379 e. The third kappa shape index (κ3) is 3.94. The molecular formula is C22H23FN2O2S. The van der Waals surface area contributed by atoms with Crippen LogP contribution in [0.2, 0.25) is 0 Å². The number of amides is 1. The molecule has 4 nitrogen and oxygen atoms in total. The van der Waals surface area contributed by atoms with Crippen molar-refractivity contribution in [3.63, 3.8) is 0 Å². The highest BCUT2D eigenvalue weighted by atomic mass is 32.1. The van der Waals surface area contributed by atoms with Crippen molar-refractivity contribution in [1.29, 1.82) is 0 Å². The number of carbonyl (C=O) groups is 1. The van der Waals surface area contributed by atoms with Gasteiger partial charge in [-0.1, -0.05) is 36.4 Å². The van der Waals surface area contributed by atoms with E-state index in [-0.39, 0.29) is 17.8 Å². The van der Waals surface area contributed by atoms with E-state index in [0.717, 1.165) is 29.9 Å². The number of rotatable bonds is 5. The van der Waals surface area contributed by atoms with Crippen molar-refractivity contribution in [2.75, 3.05) is 32.8 Å². The maximum atomic E-state index is 14.2. The van der Waals surface area contributed by atoms with E-state index >= 15 is 0 Å². The Bertz CT molecular complexity index is 967. The van der Waals surface area contributed by atoms with Crippen molar-refractivity contribution in [1.82, 2.24) is 10.2 Å². The lowest BCUT2D eigenvalue weighted by molar-refractivity contribution is 0.0332. The Morgan fingerprint density at radius 3 is 2.64 bits per heavy atom. The predicted octanol–water partition coefficient (Wildman–Crippen LogP) is 4.15. The number of thiophene rings is 1. The average molecular weight is 399 g/mol. The SMILES string of the molecule is Cc1c(C(=O)N[C@@H](CN2CCOCC2)c2ccccc2)sc2cccc(F)c12. The fourth-order valence-corrected chi connectivity index (χ4v) is 4.78. The second kappa shape index (κ2) is 8.39. The molecule has 1 aliphatic rings. The van der Waals surface area contributed by atoms with E-state index in [1.165, 1.54) is 17.4 Å². The van der Waals surface area contributed by atoms with Gasteiger partial charge >= 0.3 is 0 Å². The average Bonchev–Trinajstić information content (AvgIpc) is 3.07. The second-order valence-corrected chi connectivity index (χ2v) is 8.07. The zero-order valence-electron chi connectivity index (χ0n) is 15.8. The number of benzene rings is 2. The fourth-order valence-electron chi connectivity index (χ4n) is 3.66. The van der Waals surface area contributed by atoms with Gasteiger partial charge in [0.2, 0.25) is 0 Å². The standard InChI is InChI=1S/C22H23FN2O2S/c1-15-20-17(23)8-5-9-19(20)28-21(15)22(26)24-18(16-6-3-2-4-7-16)14-25-10-12-27-13-11-25/h2-9,18H,10-14H2,1H3,(H,24,26)/t18-/m0/s1. The van der Waals surface area contributed by atoms with Crippen LogP contribution in [-0.4, -0.2) is 43.7 Å². The molecule has 3 aromatic rings. The molecule has 28 heavy (non-hydrogen) atoms. The summed E-state index contributed by atoms with van der Waals surface area (Å²) in [6.07, 6.45) is 0. The highest BCUT2D eigenvalue weighted by molar-refractivity contribution is 7.21. The lowest BCUT2D eigenvalue weighted by Gasteiger charge is -2.31. The van der Waals surface area contributed by atoms with Crippen LogP contribution in [0.4, 0.5) is 4.39 Å². The second-order valence-electron chi connectivity index (χ2n) is 7.02. The molecule has 1 amide bonds. The van der Waals surface area contributed by atoms with Gasteiger partial charge in [0.25, 0.3) is 5.91 Å². The Morgan fingerprint density at radius 1 is 1.18 bits per heavy atom. The molecular weight excluding hydrogens is 375 g/mol. The molecule has 2 aromatic carbocycles. The monoisotopic (exact) mass is 398 g/mol. The first-order chi connectivity index (χ1) is 13.6. The predicted molar refractivity (Wildman–Crippen MR) is 110 cm³/mol. The Kier molecular flexibility index (Phi) is 5.71. The van der Waals surface area contributed by atoms with Crippen LogP contribution in [-0.2, 0) is 4.74 Å². The van der Waals surface area contributed by atoms with Crippen molar-refractivity contribution in [2.45, 2.75) is 13.0 Å². The first-order valence-electron chi connectivity index (χ1n) is 9.47. The van der Waals surface area contributed by atoms with E-state index in [0.29, 0.717) is 29.0 Å². The van der Waals surface area contributed by atoms with Crippen molar-refractivity contribution in [3.8, 4) is 0 Å². The molecule has 4 rings (SSSR count). The lowest BCUT2D eigenvalue weighted by Crippen LogP contribution is -2.43. The maximum Gasteiger partial charge on any atom is 0.262 e. The highest BCUT2D eigenvalue weighted by Gasteiger charge is 2.23. The van der Waals surface area contributed by atoms with Crippen LogP contribution in [0.3, 0.4) is 0 Å². The van der Waals surface area contributed by atoms with Gasteiger partial charge in [0, 0.05) is 29.7 Å². The highest BCUT2D eigenvalue weighted by Crippen LogP contribution is 2.33. The van der Waals surface area contributed by atoms with Gasteiger partial charge in [-0.2, -0.15) is 0 Å². The summed E-state index contributed by atoms with van der Waals surface area (Å²) in [5.74, 6) is -0.432. The number of nitrogens with zero attached hydrogens (tertiary/aromatic N) is 1. The van der Waals surface area contributed by atoms with Crippen molar-refractivity contribution < 1.29 is 13.9 Å². The Labute approximate surface area is 167 Å². The molecule has 1 aliphatic heterocycles. The molecule has 0 radical (unpaired) electrons.